The number of anilines is 2. The molecule has 2 atom stereocenters. The first-order valence-corrected chi connectivity index (χ1v) is 11.0. The maximum absolute atomic E-state index is 11.9. The molecule has 1 fully saturated rings. The average Bonchev–Trinajstić information content (AvgIpc) is 2.76. The molecule has 0 saturated carbocycles. The number of hydrogen-bond acceptors (Lipinski definition) is 5. The fraction of sp³-hybridized carbons (Fsp3) is 0.296. The molecule has 1 heterocycles. The molecule has 0 aromatic heterocycles. The van der Waals surface area contributed by atoms with E-state index in [1.54, 1.807) is 0 Å². The highest BCUT2D eigenvalue weighted by atomic mass is 16.6. The van der Waals surface area contributed by atoms with Gasteiger partial charge in [0.15, 0.2) is 6.61 Å². The predicted molar refractivity (Wildman–Crippen MR) is 128 cm³/mol. The Morgan fingerprint density at radius 2 is 1.56 bits per heavy atom. The summed E-state index contributed by atoms with van der Waals surface area (Å²) in [5, 5.41) is 3.64. The zero-order valence-electron chi connectivity index (χ0n) is 18.8. The Labute approximate surface area is 190 Å². The Balaban J connectivity index is 1.46. The summed E-state index contributed by atoms with van der Waals surface area (Å²) in [7, 11) is 0. The monoisotopic (exact) mass is 430 g/mol. The maximum atomic E-state index is 11.9. The first-order valence-electron chi connectivity index (χ1n) is 11.0. The van der Waals surface area contributed by atoms with E-state index >= 15 is 0 Å². The number of benzene rings is 3. The molecule has 0 aliphatic carbocycles. The maximum Gasteiger partial charge on any atom is 0.344 e. The molecule has 1 aliphatic heterocycles. The van der Waals surface area contributed by atoms with Crippen molar-refractivity contribution in [2.75, 3.05) is 16.8 Å². The second-order valence-corrected chi connectivity index (χ2v) is 8.96. The third-order valence-corrected chi connectivity index (χ3v) is 5.32. The van der Waals surface area contributed by atoms with E-state index in [-0.39, 0.29) is 18.7 Å². The van der Waals surface area contributed by atoms with Crippen molar-refractivity contribution >= 4 is 17.3 Å². The van der Waals surface area contributed by atoms with Crippen molar-refractivity contribution in [3.05, 3.63) is 90.5 Å². The Bertz CT molecular complexity index is 1010. The number of para-hydroxylation sites is 1. The van der Waals surface area contributed by atoms with Gasteiger partial charge in [-0.25, -0.2) is 4.79 Å². The van der Waals surface area contributed by atoms with Crippen molar-refractivity contribution in [2.24, 2.45) is 0 Å². The summed E-state index contributed by atoms with van der Waals surface area (Å²) in [5.74, 6) is 0.268. The van der Waals surface area contributed by atoms with Crippen LogP contribution in [-0.2, 0) is 9.53 Å². The summed E-state index contributed by atoms with van der Waals surface area (Å²) in [6.45, 7) is 5.42. The molecule has 4 rings (SSSR count). The smallest absolute Gasteiger partial charge is 0.344 e. The fourth-order valence-corrected chi connectivity index (χ4v) is 3.93. The van der Waals surface area contributed by atoms with E-state index in [9.17, 15) is 4.79 Å². The zero-order chi connectivity index (χ0) is 22.6. The van der Waals surface area contributed by atoms with Gasteiger partial charge in [-0.05, 0) is 62.7 Å². The minimum Gasteiger partial charge on any atom is -0.482 e. The molecule has 1 aliphatic rings. The highest BCUT2D eigenvalue weighted by Crippen LogP contribution is 2.43. The summed E-state index contributed by atoms with van der Waals surface area (Å²) in [4.78, 5) is 14.3. The molecule has 0 bridgehead atoms. The molecule has 5 nitrogen and oxygen atoms in total. The average molecular weight is 431 g/mol. The highest BCUT2D eigenvalue weighted by Gasteiger charge is 2.39. The number of carbonyl (C=O) groups is 1. The van der Waals surface area contributed by atoms with E-state index < -0.39 is 5.60 Å². The van der Waals surface area contributed by atoms with Crippen LogP contribution in [0.25, 0.3) is 0 Å². The molecule has 5 heteroatoms. The second-order valence-electron chi connectivity index (χ2n) is 8.96. The SMILES string of the molecule is CC(C)(C)OC(=O)COc1ccc(N2C(Nc3ccccc3)CC2c2ccccc2)cc1. The van der Waals surface area contributed by atoms with Gasteiger partial charge in [-0.15, -0.1) is 0 Å². The Morgan fingerprint density at radius 3 is 2.19 bits per heavy atom. The van der Waals surface area contributed by atoms with Gasteiger partial charge in [-0.1, -0.05) is 48.5 Å². The van der Waals surface area contributed by atoms with Crippen LogP contribution in [0.15, 0.2) is 84.9 Å². The van der Waals surface area contributed by atoms with E-state index in [0.29, 0.717) is 11.8 Å². The summed E-state index contributed by atoms with van der Waals surface area (Å²) < 4.78 is 10.9. The third kappa shape index (κ3) is 5.41. The molecule has 32 heavy (non-hydrogen) atoms. The van der Waals surface area contributed by atoms with Crippen LogP contribution in [0.1, 0.15) is 38.8 Å². The standard InChI is InChI=1S/C27H30N2O3/c1-27(2,3)32-26(30)19-31-23-16-14-22(15-17-23)29-24(20-10-6-4-7-11-20)18-25(29)28-21-12-8-5-9-13-21/h4-17,24-25,28H,18-19H2,1-3H3. The Kier molecular flexibility index (Phi) is 6.35. The molecular weight excluding hydrogens is 400 g/mol. The van der Waals surface area contributed by atoms with Gasteiger partial charge in [0.1, 0.15) is 17.5 Å². The van der Waals surface area contributed by atoms with Crippen LogP contribution in [0.3, 0.4) is 0 Å². The Morgan fingerprint density at radius 1 is 0.938 bits per heavy atom. The molecule has 3 aromatic rings. The van der Waals surface area contributed by atoms with Gasteiger partial charge in [0.2, 0.25) is 0 Å². The second kappa shape index (κ2) is 9.35. The van der Waals surface area contributed by atoms with Gasteiger partial charge < -0.3 is 19.7 Å². The largest absolute Gasteiger partial charge is 0.482 e. The van der Waals surface area contributed by atoms with E-state index in [0.717, 1.165) is 17.8 Å². The van der Waals surface area contributed by atoms with E-state index in [1.807, 2.05) is 69.3 Å². The third-order valence-electron chi connectivity index (χ3n) is 5.32. The van der Waals surface area contributed by atoms with Gasteiger partial charge in [-0.2, -0.15) is 0 Å². The van der Waals surface area contributed by atoms with E-state index in [4.69, 9.17) is 9.47 Å². The van der Waals surface area contributed by atoms with Crippen LogP contribution in [0, 0.1) is 0 Å². The number of hydrogen-bond donors (Lipinski definition) is 1. The van der Waals surface area contributed by atoms with Crippen molar-refractivity contribution in [1.29, 1.82) is 0 Å². The minimum absolute atomic E-state index is 0.106. The number of esters is 1. The van der Waals surface area contributed by atoms with Crippen LogP contribution in [-0.4, -0.2) is 24.3 Å². The topological polar surface area (TPSA) is 50.8 Å². The highest BCUT2D eigenvalue weighted by molar-refractivity contribution is 5.71. The van der Waals surface area contributed by atoms with Crippen LogP contribution in [0.5, 0.6) is 5.75 Å². The molecule has 1 N–H and O–H groups in total. The molecule has 0 amide bonds. The lowest BCUT2D eigenvalue weighted by atomic mass is 9.90. The lowest BCUT2D eigenvalue weighted by Crippen LogP contribution is -2.54. The van der Waals surface area contributed by atoms with Gasteiger partial charge >= 0.3 is 5.97 Å². The molecule has 0 radical (unpaired) electrons. The lowest BCUT2D eigenvalue weighted by Gasteiger charge is -2.51. The lowest BCUT2D eigenvalue weighted by molar-refractivity contribution is -0.157. The Hall–Kier alpha value is -3.47. The van der Waals surface area contributed by atoms with Crippen molar-refractivity contribution in [3.63, 3.8) is 0 Å². The first-order chi connectivity index (χ1) is 15.4. The summed E-state index contributed by atoms with van der Waals surface area (Å²) in [5.41, 5.74) is 2.98. The van der Waals surface area contributed by atoms with Crippen LogP contribution in [0.2, 0.25) is 0 Å². The summed E-state index contributed by atoms with van der Waals surface area (Å²) in [6, 6.07) is 29.0. The number of carbonyl (C=O) groups excluding carboxylic acids is 1. The van der Waals surface area contributed by atoms with Crippen molar-refractivity contribution in [1.82, 2.24) is 0 Å². The van der Waals surface area contributed by atoms with Crippen LogP contribution < -0.4 is 15.0 Å². The van der Waals surface area contributed by atoms with Crippen molar-refractivity contribution in [3.8, 4) is 5.75 Å². The number of nitrogens with one attached hydrogen (secondary N) is 1. The van der Waals surface area contributed by atoms with Crippen molar-refractivity contribution < 1.29 is 14.3 Å². The van der Waals surface area contributed by atoms with Gasteiger partial charge in [0.05, 0.1) is 6.04 Å². The van der Waals surface area contributed by atoms with E-state index in [1.165, 1.54) is 5.56 Å². The number of rotatable bonds is 7. The molecule has 166 valence electrons. The zero-order valence-corrected chi connectivity index (χ0v) is 18.8. The van der Waals surface area contributed by atoms with Crippen molar-refractivity contribution in [2.45, 2.75) is 45.0 Å². The number of ether oxygens (including phenoxy) is 2. The van der Waals surface area contributed by atoms with Crippen LogP contribution >= 0.6 is 0 Å². The van der Waals surface area contributed by atoms with Crippen LogP contribution in [0.4, 0.5) is 11.4 Å². The van der Waals surface area contributed by atoms with Gasteiger partial charge in [-0.3, -0.25) is 0 Å². The fourth-order valence-electron chi connectivity index (χ4n) is 3.93. The molecule has 2 unspecified atom stereocenters. The predicted octanol–water partition coefficient (Wildman–Crippen LogP) is 5.80. The summed E-state index contributed by atoms with van der Waals surface area (Å²) >= 11 is 0. The van der Waals surface area contributed by atoms with Gasteiger partial charge in [0.25, 0.3) is 0 Å². The molecule has 3 aromatic carbocycles. The minimum atomic E-state index is -0.519. The first kappa shape index (κ1) is 21.8. The normalized spacial score (nSPS) is 17.9. The summed E-state index contributed by atoms with van der Waals surface area (Å²) in [6.07, 6.45) is 1.20. The van der Waals surface area contributed by atoms with Gasteiger partial charge in [0, 0.05) is 17.8 Å². The molecular formula is C27H30N2O3. The number of nitrogens with zero attached hydrogens (tertiary/aromatic N) is 1. The van der Waals surface area contributed by atoms with E-state index in [2.05, 4.69) is 46.6 Å². The quantitative estimate of drug-likeness (QED) is 0.480. The molecule has 0 spiro atoms. The molecule has 1 saturated heterocycles.